The van der Waals surface area contributed by atoms with Crippen LogP contribution in [0.5, 0.6) is 0 Å². The summed E-state index contributed by atoms with van der Waals surface area (Å²) in [5.74, 6) is -0.166. The molecule has 56 valence electrons. The summed E-state index contributed by atoms with van der Waals surface area (Å²) in [5, 5.41) is 0. The van der Waals surface area contributed by atoms with Gasteiger partial charge in [-0.25, -0.2) is 4.39 Å². The van der Waals surface area contributed by atoms with E-state index in [0.717, 1.165) is 0 Å². The molecule has 0 bridgehead atoms. The standard InChI is InChI=1S/C9H13F/c1-4-6-7-9(10)8(3)5-2/h4-7H,1-3H3/b6-4-,8-5-,9-7+. The lowest BCUT2D eigenvalue weighted by Gasteiger charge is -1.91. The van der Waals surface area contributed by atoms with Gasteiger partial charge in [0, 0.05) is 0 Å². The van der Waals surface area contributed by atoms with E-state index >= 15 is 0 Å². The molecule has 0 aliphatic carbocycles. The maximum Gasteiger partial charge on any atom is 0.125 e. The molecule has 0 rings (SSSR count). The molecule has 0 fully saturated rings. The van der Waals surface area contributed by atoms with Gasteiger partial charge in [0.25, 0.3) is 0 Å². The SMILES string of the molecule is C\C=C/C=C(F)\C(C)=C/C. The van der Waals surface area contributed by atoms with Crippen LogP contribution >= 0.6 is 0 Å². The summed E-state index contributed by atoms with van der Waals surface area (Å²) in [7, 11) is 0. The largest absolute Gasteiger partial charge is 0.207 e. The predicted molar refractivity (Wildman–Crippen MR) is 43.4 cm³/mol. The van der Waals surface area contributed by atoms with Gasteiger partial charge in [0.1, 0.15) is 5.83 Å². The quantitative estimate of drug-likeness (QED) is 0.516. The lowest BCUT2D eigenvalue weighted by Crippen LogP contribution is -1.73. The molecule has 0 atom stereocenters. The van der Waals surface area contributed by atoms with Gasteiger partial charge in [-0.3, -0.25) is 0 Å². The van der Waals surface area contributed by atoms with E-state index in [2.05, 4.69) is 0 Å². The van der Waals surface area contributed by atoms with E-state index in [0.29, 0.717) is 5.57 Å². The third kappa shape index (κ3) is 3.23. The maximum atomic E-state index is 12.7. The van der Waals surface area contributed by atoms with Crippen molar-refractivity contribution in [1.82, 2.24) is 0 Å². The summed E-state index contributed by atoms with van der Waals surface area (Å²) >= 11 is 0. The lowest BCUT2D eigenvalue weighted by molar-refractivity contribution is 0.651. The Hall–Kier alpha value is -0.850. The Morgan fingerprint density at radius 1 is 1.30 bits per heavy atom. The van der Waals surface area contributed by atoms with Gasteiger partial charge in [-0.15, -0.1) is 0 Å². The highest BCUT2D eigenvalue weighted by atomic mass is 19.1. The van der Waals surface area contributed by atoms with Gasteiger partial charge in [0.2, 0.25) is 0 Å². The molecular formula is C9H13F. The second-order valence-corrected chi connectivity index (χ2v) is 2.01. The highest BCUT2D eigenvalue weighted by Gasteiger charge is 1.91. The first kappa shape index (κ1) is 9.15. The van der Waals surface area contributed by atoms with Crippen molar-refractivity contribution in [2.45, 2.75) is 20.8 Å². The zero-order chi connectivity index (χ0) is 7.98. The average molecular weight is 140 g/mol. The highest BCUT2D eigenvalue weighted by Crippen LogP contribution is 2.09. The summed E-state index contributed by atoms with van der Waals surface area (Å²) in [5.41, 5.74) is 0.679. The van der Waals surface area contributed by atoms with Gasteiger partial charge in [-0.05, 0) is 32.4 Å². The fourth-order valence-electron chi connectivity index (χ4n) is 0.450. The smallest absolute Gasteiger partial charge is 0.125 e. The Balaban J connectivity index is 4.19. The first-order valence-corrected chi connectivity index (χ1v) is 3.34. The molecule has 0 saturated carbocycles. The van der Waals surface area contributed by atoms with E-state index in [4.69, 9.17) is 0 Å². The lowest BCUT2D eigenvalue weighted by atomic mass is 10.2. The summed E-state index contributed by atoms with van der Waals surface area (Å²) in [4.78, 5) is 0. The van der Waals surface area contributed by atoms with Crippen molar-refractivity contribution >= 4 is 0 Å². The number of hydrogen-bond acceptors (Lipinski definition) is 0. The van der Waals surface area contributed by atoms with Gasteiger partial charge in [0.15, 0.2) is 0 Å². The number of rotatable bonds is 2. The minimum Gasteiger partial charge on any atom is -0.207 e. The number of halogens is 1. The Labute approximate surface area is 61.8 Å². The van der Waals surface area contributed by atoms with Crippen molar-refractivity contribution in [3.05, 3.63) is 35.7 Å². The first-order chi connectivity index (χ1) is 4.72. The number of allylic oxidation sites excluding steroid dienone is 6. The van der Waals surface area contributed by atoms with Crippen LogP contribution in [-0.2, 0) is 0 Å². The van der Waals surface area contributed by atoms with E-state index < -0.39 is 0 Å². The molecule has 0 nitrogen and oxygen atoms in total. The molecule has 0 radical (unpaired) electrons. The van der Waals surface area contributed by atoms with Gasteiger partial charge < -0.3 is 0 Å². The van der Waals surface area contributed by atoms with Crippen molar-refractivity contribution in [2.75, 3.05) is 0 Å². The molecule has 0 aliphatic heterocycles. The van der Waals surface area contributed by atoms with Gasteiger partial charge in [-0.1, -0.05) is 18.2 Å². The van der Waals surface area contributed by atoms with Gasteiger partial charge in [-0.2, -0.15) is 0 Å². The topological polar surface area (TPSA) is 0 Å². The molecule has 0 saturated heterocycles. The second-order valence-electron chi connectivity index (χ2n) is 2.01. The maximum absolute atomic E-state index is 12.7. The van der Waals surface area contributed by atoms with E-state index in [1.165, 1.54) is 6.08 Å². The normalized spacial score (nSPS) is 14.8. The van der Waals surface area contributed by atoms with Crippen molar-refractivity contribution < 1.29 is 4.39 Å². The van der Waals surface area contributed by atoms with Crippen molar-refractivity contribution in [3.8, 4) is 0 Å². The predicted octanol–water partition coefficient (Wildman–Crippen LogP) is 3.38. The Kier molecular flexibility index (Phi) is 4.55. The van der Waals surface area contributed by atoms with E-state index in [-0.39, 0.29) is 5.83 Å². The fraction of sp³-hybridized carbons (Fsp3) is 0.333. The molecule has 10 heavy (non-hydrogen) atoms. The summed E-state index contributed by atoms with van der Waals surface area (Å²) in [6.45, 7) is 5.42. The van der Waals surface area contributed by atoms with Crippen LogP contribution in [0, 0.1) is 0 Å². The second kappa shape index (κ2) is 4.98. The van der Waals surface area contributed by atoms with Gasteiger partial charge >= 0.3 is 0 Å². The third-order valence-electron chi connectivity index (χ3n) is 1.24. The van der Waals surface area contributed by atoms with Crippen LogP contribution in [0.3, 0.4) is 0 Å². The minimum absolute atomic E-state index is 0.166. The average Bonchev–Trinajstić information content (AvgIpc) is 1.98. The Morgan fingerprint density at radius 3 is 2.30 bits per heavy atom. The Bertz CT molecular complexity index is 173. The summed E-state index contributed by atoms with van der Waals surface area (Å²) < 4.78 is 12.7. The molecule has 0 aromatic carbocycles. The van der Waals surface area contributed by atoms with Crippen LogP contribution in [0.2, 0.25) is 0 Å². The van der Waals surface area contributed by atoms with E-state index in [1.807, 2.05) is 13.8 Å². The zero-order valence-corrected chi connectivity index (χ0v) is 6.69. The van der Waals surface area contributed by atoms with Crippen LogP contribution < -0.4 is 0 Å². The highest BCUT2D eigenvalue weighted by molar-refractivity contribution is 5.25. The first-order valence-electron chi connectivity index (χ1n) is 3.34. The Morgan fingerprint density at radius 2 is 1.90 bits per heavy atom. The van der Waals surface area contributed by atoms with E-state index in [9.17, 15) is 4.39 Å². The minimum atomic E-state index is -0.166. The molecule has 0 amide bonds. The summed E-state index contributed by atoms with van der Waals surface area (Å²) in [6.07, 6.45) is 6.68. The van der Waals surface area contributed by atoms with Crippen LogP contribution in [0.25, 0.3) is 0 Å². The van der Waals surface area contributed by atoms with Crippen molar-refractivity contribution in [3.63, 3.8) is 0 Å². The molecule has 0 heterocycles. The van der Waals surface area contributed by atoms with Crippen LogP contribution in [0.4, 0.5) is 4.39 Å². The molecule has 0 aliphatic rings. The van der Waals surface area contributed by atoms with Crippen LogP contribution in [0.15, 0.2) is 35.7 Å². The van der Waals surface area contributed by atoms with E-state index in [1.54, 1.807) is 25.2 Å². The number of hydrogen-bond donors (Lipinski definition) is 0. The molecular weight excluding hydrogens is 127 g/mol. The molecule has 0 spiro atoms. The van der Waals surface area contributed by atoms with Crippen molar-refractivity contribution in [2.24, 2.45) is 0 Å². The van der Waals surface area contributed by atoms with Crippen molar-refractivity contribution in [1.29, 1.82) is 0 Å². The fourth-order valence-corrected chi connectivity index (χ4v) is 0.450. The molecule has 1 heteroatoms. The molecule has 0 aromatic heterocycles. The zero-order valence-electron chi connectivity index (χ0n) is 6.69. The van der Waals surface area contributed by atoms with Gasteiger partial charge in [0.05, 0.1) is 0 Å². The molecule has 0 aromatic rings. The van der Waals surface area contributed by atoms with Crippen LogP contribution in [-0.4, -0.2) is 0 Å². The third-order valence-corrected chi connectivity index (χ3v) is 1.24. The molecule has 0 unspecified atom stereocenters. The monoisotopic (exact) mass is 140 g/mol. The molecule has 0 N–H and O–H groups in total. The van der Waals surface area contributed by atoms with Crippen LogP contribution in [0.1, 0.15) is 20.8 Å². The summed E-state index contributed by atoms with van der Waals surface area (Å²) in [6, 6.07) is 0.